The van der Waals surface area contributed by atoms with Crippen LogP contribution in [-0.4, -0.2) is 17.0 Å². The van der Waals surface area contributed by atoms with E-state index in [4.69, 9.17) is 17.0 Å². The topological polar surface area (TPSA) is 38.3 Å². The summed E-state index contributed by atoms with van der Waals surface area (Å²) in [7, 11) is 0. The van der Waals surface area contributed by atoms with Crippen LogP contribution in [0.5, 0.6) is 0 Å². The molecule has 1 fully saturated rings. The molecule has 0 radical (unpaired) electrons. The predicted molar refractivity (Wildman–Crippen MR) is 89.6 cm³/mol. The first-order chi connectivity index (χ1) is 10.7. The molecule has 3 rings (SSSR count). The highest BCUT2D eigenvalue weighted by Gasteiger charge is 2.29. The highest BCUT2D eigenvalue weighted by atomic mass is 32.1. The number of esters is 1. The minimum Gasteiger partial charge on any atom is -0.451 e. The molecule has 1 aliphatic rings. The first-order valence-corrected chi connectivity index (χ1v) is 7.74. The second-order valence-corrected chi connectivity index (χ2v) is 5.79. The maximum Gasteiger partial charge on any atom is 0.329 e. The molecule has 0 unspecified atom stereocenters. The van der Waals surface area contributed by atoms with Crippen molar-refractivity contribution >= 4 is 23.2 Å². The molecule has 0 spiro atoms. The fourth-order valence-corrected chi connectivity index (χ4v) is 2.83. The molecule has 0 aromatic heterocycles. The smallest absolute Gasteiger partial charge is 0.329 e. The zero-order valence-corrected chi connectivity index (χ0v) is 12.9. The van der Waals surface area contributed by atoms with Gasteiger partial charge in [-0.15, -0.1) is 0 Å². The van der Waals surface area contributed by atoms with Gasteiger partial charge in [-0.05, 0) is 17.5 Å². The fourth-order valence-electron chi connectivity index (χ4n) is 2.57. The quantitative estimate of drug-likeness (QED) is 0.694. The first-order valence-electron chi connectivity index (χ1n) is 7.34. The third kappa shape index (κ3) is 3.34. The molecule has 112 valence electrons. The summed E-state index contributed by atoms with van der Waals surface area (Å²) in [6.07, 6.45) is 1.05. The van der Waals surface area contributed by atoms with Crippen LogP contribution in [0.2, 0.25) is 0 Å². The lowest BCUT2D eigenvalue weighted by molar-refractivity contribution is -0.149. The third-order valence-corrected chi connectivity index (χ3v) is 4.04. The van der Waals surface area contributed by atoms with E-state index in [9.17, 15) is 4.79 Å². The molecule has 0 amide bonds. The lowest BCUT2D eigenvalue weighted by Gasteiger charge is -2.21. The van der Waals surface area contributed by atoms with Gasteiger partial charge in [-0.1, -0.05) is 72.9 Å². The van der Waals surface area contributed by atoms with Crippen molar-refractivity contribution in [1.82, 2.24) is 5.32 Å². The lowest BCUT2D eigenvalue weighted by Crippen LogP contribution is -2.34. The Labute approximate surface area is 135 Å². The Hall–Kier alpha value is -2.20. The number of ether oxygens (including phenoxy) is 1. The van der Waals surface area contributed by atoms with Crippen LogP contribution in [0.1, 0.15) is 30.1 Å². The average Bonchev–Trinajstić information content (AvgIpc) is 3.01. The predicted octanol–water partition coefficient (Wildman–Crippen LogP) is 3.40. The summed E-state index contributed by atoms with van der Waals surface area (Å²) >= 11 is 5.10. The van der Waals surface area contributed by atoms with Crippen LogP contribution in [-0.2, 0) is 9.53 Å². The molecule has 0 aliphatic carbocycles. The molecular formula is C18H17NO2S. The van der Waals surface area contributed by atoms with E-state index in [1.807, 2.05) is 60.7 Å². The molecule has 2 aromatic carbocycles. The summed E-state index contributed by atoms with van der Waals surface area (Å²) in [6.45, 7) is 0. The number of benzene rings is 2. The van der Waals surface area contributed by atoms with Crippen LogP contribution in [0, 0.1) is 0 Å². The van der Waals surface area contributed by atoms with Gasteiger partial charge in [0.15, 0.2) is 6.10 Å². The van der Waals surface area contributed by atoms with Crippen LogP contribution < -0.4 is 5.32 Å². The molecule has 4 heteroatoms. The van der Waals surface area contributed by atoms with E-state index < -0.39 is 6.10 Å². The van der Waals surface area contributed by atoms with E-state index >= 15 is 0 Å². The lowest BCUT2D eigenvalue weighted by atomic mass is 10.0. The van der Waals surface area contributed by atoms with Crippen molar-refractivity contribution in [2.75, 3.05) is 0 Å². The van der Waals surface area contributed by atoms with E-state index in [2.05, 4.69) is 5.32 Å². The van der Waals surface area contributed by atoms with Gasteiger partial charge in [0, 0.05) is 6.42 Å². The Morgan fingerprint density at radius 2 is 1.59 bits per heavy atom. The SMILES string of the molecule is O=C(OC(c1ccccc1)c1ccccc1)[C@@H]1CCC(=S)N1. The van der Waals surface area contributed by atoms with Gasteiger partial charge in [-0.25, -0.2) is 4.79 Å². The molecule has 2 aromatic rings. The largest absolute Gasteiger partial charge is 0.451 e. The van der Waals surface area contributed by atoms with Crippen LogP contribution >= 0.6 is 12.2 Å². The van der Waals surface area contributed by atoms with E-state index in [1.54, 1.807) is 0 Å². The Balaban J connectivity index is 1.83. The van der Waals surface area contributed by atoms with Gasteiger partial charge in [0.25, 0.3) is 0 Å². The number of hydrogen-bond acceptors (Lipinski definition) is 3. The normalized spacial score (nSPS) is 17.3. The number of carbonyl (C=O) groups excluding carboxylic acids is 1. The highest BCUT2D eigenvalue weighted by molar-refractivity contribution is 7.80. The molecule has 1 saturated heterocycles. The van der Waals surface area contributed by atoms with Crippen molar-refractivity contribution in [3.8, 4) is 0 Å². The Bertz CT molecular complexity index is 618. The minimum absolute atomic E-state index is 0.252. The molecular weight excluding hydrogens is 294 g/mol. The summed E-state index contributed by atoms with van der Waals surface area (Å²) in [5, 5.41) is 3.02. The Kier molecular flexibility index (Phi) is 4.49. The van der Waals surface area contributed by atoms with Gasteiger partial charge in [-0.3, -0.25) is 0 Å². The van der Waals surface area contributed by atoms with Crippen molar-refractivity contribution in [3.63, 3.8) is 0 Å². The van der Waals surface area contributed by atoms with Crippen LogP contribution in [0.4, 0.5) is 0 Å². The number of carbonyl (C=O) groups is 1. The van der Waals surface area contributed by atoms with Gasteiger partial charge >= 0.3 is 5.97 Å². The molecule has 3 nitrogen and oxygen atoms in total. The minimum atomic E-state index is -0.397. The first kappa shape index (κ1) is 14.7. The number of rotatable bonds is 4. The van der Waals surface area contributed by atoms with Gasteiger partial charge in [0.05, 0.1) is 4.99 Å². The van der Waals surface area contributed by atoms with Crippen LogP contribution in [0.15, 0.2) is 60.7 Å². The summed E-state index contributed by atoms with van der Waals surface area (Å²) in [6, 6.07) is 19.2. The molecule has 1 atom stereocenters. The van der Waals surface area contributed by atoms with Crippen molar-refractivity contribution in [3.05, 3.63) is 71.8 Å². The highest BCUT2D eigenvalue weighted by Crippen LogP contribution is 2.27. The Morgan fingerprint density at radius 3 is 2.05 bits per heavy atom. The van der Waals surface area contributed by atoms with Crippen molar-refractivity contribution < 1.29 is 9.53 Å². The summed E-state index contributed by atoms with van der Waals surface area (Å²) in [5.74, 6) is -0.252. The van der Waals surface area contributed by atoms with Crippen LogP contribution in [0.3, 0.4) is 0 Å². The molecule has 0 saturated carbocycles. The van der Waals surface area contributed by atoms with E-state index in [-0.39, 0.29) is 12.0 Å². The van der Waals surface area contributed by atoms with Gasteiger partial charge < -0.3 is 10.1 Å². The van der Waals surface area contributed by atoms with Gasteiger partial charge in [0.1, 0.15) is 6.04 Å². The maximum atomic E-state index is 12.4. The summed E-state index contributed by atoms with van der Waals surface area (Å²) < 4.78 is 5.79. The maximum absolute atomic E-state index is 12.4. The molecule has 1 aliphatic heterocycles. The second-order valence-electron chi connectivity index (χ2n) is 5.30. The van der Waals surface area contributed by atoms with E-state index in [1.165, 1.54) is 0 Å². The Morgan fingerprint density at radius 1 is 1.05 bits per heavy atom. The van der Waals surface area contributed by atoms with Gasteiger partial charge in [0.2, 0.25) is 0 Å². The fraction of sp³-hybridized carbons (Fsp3) is 0.222. The van der Waals surface area contributed by atoms with Crippen LogP contribution in [0.25, 0.3) is 0 Å². The summed E-state index contributed by atoms with van der Waals surface area (Å²) in [4.78, 5) is 13.1. The summed E-state index contributed by atoms with van der Waals surface area (Å²) in [5.41, 5.74) is 1.92. The average molecular weight is 311 g/mol. The van der Waals surface area contributed by atoms with Crippen molar-refractivity contribution in [2.45, 2.75) is 25.0 Å². The van der Waals surface area contributed by atoms with Crippen molar-refractivity contribution in [1.29, 1.82) is 0 Å². The number of thiocarbonyl (C=S) groups is 1. The molecule has 22 heavy (non-hydrogen) atoms. The van der Waals surface area contributed by atoms with Gasteiger partial charge in [-0.2, -0.15) is 0 Å². The second kappa shape index (κ2) is 6.71. The molecule has 0 bridgehead atoms. The monoisotopic (exact) mass is 311 g/mol. The van der Waals surface area contributed by atoms with E-state index in [0.717, 1.165) is 22.5 Å². The number of nitrogens with one attached hydrogen (secondary N) is 1. The zero-order chi connectivity index (χ0) is 15.4. The number of hydrogen-bond donors (Lipinski definition) is 1. The zero-order valence-electron chi connectivity index (χ0n) is 12.1. The molecule has 1 heterocycles. The molecule has 1 N–H and O–H groups in total. The standard InChI is InChI=1S/C18H17NO2S/c20-18(15-11-12-16(22)19-15)21-17(13-7-3-1-4-8-13)14-9-5-2-6-10-14/h1-10,15,17H,11-12H2,(H,19,22)/t15-/m0/s1. The third-order valence-electron chi connectivity index (χ3n) is 3.72. The van der Waals surface area contributed by atoms with E-state index in [0.29, 0.717) is 6.42 Å². The van der Waals surface area contributed by atoms with Crippen molar-refractivity contribution in [2.24, 2.45) is 0 Å².